The van der Waals surface area contributed by atoms with E-state index < -0.39 is 10.0 Å². The number of hydrogen-bond donors (Lipinski definition) is 2. The standard InChI is InChI=1S/C16H19N3O2S/c1-4-9-17-14-6-8-16(18-11-14)19-22(20,21)15-7-5-12(2)10-13(15)3/h4-8,10-11,17H,1,9H2,2-3H3,(H,18,19). The average Bonchev–Trinajstić information content (AvgIpc) is 2.45. The minimum Gasteiger partial charge on any atom is -0.380 e. The Balaban J connectivity index is 2.19. The van der Waals surface area contributed by atoms with Crippen molar-refractivity contribution in [2.24, 2.45) is 0 Å². The third-order valence-electron chi connectivity index (χ3n) is 3.07. The second kappa shape index (κ2) is 6.62. The summed E-state index contributed by atoms with van der Waals surface area (Å²) in [5.41, 5.74) is 2.53. The number of aryl methyl sites for hydroxylation is 2. The van der Waals surface area contributed by atoms with E-state index in [1.54, 1.807) is 43.5 Å². The summed E-state index contributed by atoms with van der Waals surface area (Å²) in [6.07, 6.45) is 3.31. The van der Waals surface area contributed by atoms with E-state index in [-0.39, 0.29) is 10.7 Å². The molecule has 2 rings (SSSR count). The van der Waals surface area contributed by atoms with Crippen LogP contribution in [0.1, 0.15) is 11.1 Å². The maximum atomic E-state index is 12.4. The van der Waals surface area contributed by atoms with Crippen LogP contribution in [0.15, 0.2) is 54.1 Å². The van der Waals surface area contributed by atoms with E-state index in [0.717, 1.165) is 11.3 Å². The predicted molar refractivity (Wildman–Crippen MR) is 89.6 cm³/mol. The van der Waals surface area contributed by atoms with Crippen LogP contribution in [-0.2, 0) is 10.0 Å². The number of nitrogens with zero attached hydrogens (tertiary/aromatic N) is 1. The van der Waals surface area contributed by atoms with Gasteiger partial charge in [-0.15, -0.1) is 6.58 Å². The van der Waals surface area contributed by atoms with Gasteiger partial charge in [-0.25, -0.2) is 13.4 Å². The number of aromatic nitrogens is 1. The molecule has 6 heteroatoms. The van der Waals surface area contributed by atoms with Gasteiger partial charge >= 0.3 is 0 Å². The molecule has 0 atom stereocenters. The summed E-state index contributed by atoms with van der Waals surface area (Å²) in [6, 6.07) is 8.59. The molecular weight excluding hydrogens is 298 g/mol. The van der Waals surface area contributed by atoms with Gasteiger partial charge in [0.1, 0.15) is 5.82 Å². The molecule has 1 heterocycles. The molecule has 5 nitrogen and oxygen atoms in total. The van der Waals surface area contributed by atoms with Gasteiger partial charge in [0.25, 0.3) is 10.0 Å². The number of nitrogens with one attached hydrogen (secondary N) is 2. The third-order valence-corrected chi connectivity index (χ3v) is 4.59. The highest BCUT2D eigenvalue weighted by molar-refractivity contribution is 7.92. The van der Waals surface area contributed by atoms with Crippen LogP contribution in [-0.4, -0.2) is 19.9 Å². The molecule has 0 saturated carbocycles. The van der Waals surface area contributed by atoms with Crippen LogP contribution in [0.4, 0.5) is 11.5 Å². The molecule has 2 N–H and O–H groups in total. The summed E-state index contributed by atoms with van der Waals surface area (Å²) in [5, 5.41) is 3.07. The van der Waals surface area contributed by atoms with Crippen molar-refractivity contribution in [1.82, 2.24) is 4.98 Å². The number of sulfonamides is 1. The molecular formula is C16H19N3O2S. The van der Waals surface area contributed by atoms with Crippen molar-refractivity contribution in [3.05, 3.63) is 60.3 Å². The number of hydrogen-bond acceptors (Lipinski definition) is 4. The van der Waals surface area contributed by atoms with Gasteiger partial charge < -0.3 is 5.32 Å². The van der Waals surface area contributed by atoms with E-state index in [4.69, 9.17) is 0 Å². The van der Waals surface area contributed by atoms with Crippen molar-refractivity contribution in [3.63, 3.8) is 0 Å². The van der Waals surface area contributed by atoms with Gasteiger partial charge in [-0.2, -0.15) is 0 Å². The van der Waals surface area contributed by atoms with Crippen molar-refractivity contribution in [3.8, 4) is 0 Å². The first-order chi connectivity index (χ1) is 10.4. The Labute approximate surface area is 131 Å². The minimum atomic E-state index is -3.64. The SMILES string of the molecule is C=CCNc1ccc(NS(=O)(=O)c2ccc(C)cc2C)nc1. The second-order valence-corrected chi connectivity index (χ2v) is 6.63. The fraction of sp³-hybridized carbons (Fsp3) is 0.188. The molecule has 1 aromatic carbocycles. The molecule has 0 spiro atoms. The Morgan fingerprint density at radius 2 is 2.00 bits per heavy atom. The van der Waals surface area contributed by atoms with Crippen molar-refractivity contribution in [1.29, 1.82) is 0 Å². The molecule has 0 bridgehead atoms. The van der Waals surface area contributed by atoms with E-state index in [1.807, 2.05) is 13.0 Å². The molecule has 0 aliphatic rings. The first-order valence-electron chi connectivity index (χ1n) is 6.83. The zero-order chi connectivity index (χ0) is 16.2. The molecule has 2 aromatic rings. The molecule has 0 aliphatic heterocycles. The topological polar surface area (TPSA) is 71.1 Å². The van der Waals surface area contributed by atoms with Crippen molar-refractivity contribution >= 4 is 21.5 Å². The Morgan fingerprint density at radius 3 is 2.59 bits per heavy atom. The van der Waals surface area contributed by atoms with Gasteiger partial charge in [-0.1, -0.05) is 23.8 Å². The van der Waals surface area contributed by atoms with Crippen LogP contribution in [0.2, 0.25) is 0 Å². The monoisotopic (exact) mass is 317 g/mol. The Morgan fingerprint density at radius 1 is 1.23 bits per heavy atom. The van der Waals surface area contributed by atoms with E-state index in [0.29, 0.717) is 12.1 Å². The Hall–Kier alpha value is -2.34. The summed E-state index contributed by atoms with van der Waals surface area (Å²) < 4.78 is 27.3. The van der Waals surface area contributed by atoms with E-state index >= 15 is 0 Å². The molecule has 1 aromatic heterocycles. The maximum absolute atomic E-state index is 12.4. The second-order valence-electron chi connectivity index (χ2n) is 4.98. The fourth-order valence-electron chi connectivity index (χ4n) is 2.04. The lowest BCUT2D eigenvalue weighted by molar-refractivity contribution is 0.600. The van der Waals surface area contributed by atoms with E-state index in [1.165, 1.54) is 0 Å². The van der Waals surface area contributed by atoms with Crippen molar-refractivity contribution < 1.29 is 8.42 Å². The normalized spacial score (nSPS) is 11.0. The van der Waals surface area contributed by atoms with Gasteiger partial charge in [0.2, 0.25) is 0 Å². The van der Waals surface area contributed by atoms with Gasteiger partial charge in [-0.3, -0.25) is 4.72 Å². The van der Waals surface area contributed by atoms with Crippen LogP contribution < -0.4 is 10.0 Å². The quantitative estimate of drug-likeness (QED) is 0.803. The molecule has 0 fully saturated rings. The lowest BCUT2D eigenvalue weighted by Crippen LogP contribution is -2.15. The Bertz CT molecular complexity index is 768. The lowest BCUT2D eigenvalue weighted by Gasteiger charge is -2.11. The number of pyridine rings is 1. The van der Waals surface area contributed by atoms with Crippen molar-refractivity contribution in [2.75, 3.05) is 16.6 Å². The summed E-state index contributed by atoms with van der Waals surface area (Å²) >= 11 is 0. The minimum absolute atomic E-state index is 0.258. The molecule has 0 aliphatic carbocycles. The van der Waals surface area contributed by atoms with E-state index in [2.05, 4.69) is 21.6 Å². The van der Waals surface area contributed by atoms with Crippen LogP contribution in [0.5, 0.6) is 0 Å². The van der Waals surface area contributed by atoms with Gasteiger partial charge in [0.05, 0.1) is 16.8 Å². The summed E-state index contributed by atoms with van der Waals surface area (Å²) in [7, 11) is -3.64. The van der Waals surface area contributed by atoms with Gasteiger partial charge in [0, 0.05) is 6.54 Å². The molecule has 0 unspecified atom stereocenters. The highest BCUT2D eigenvalue weighted by Gasteiger charge is 2.17. The maximum Gasteiger partial charge on any atom is 0.263 e. The van der Waals surface area contributed by atoms with Crippen LogP contribution >= 0.6 is 0 Å². The summed E-state index contributed by atoms with van der Waals surface area (Å²) in [6.45, 7) is 7.93. The largest absolute Gasteiger partial charge is 0.380 e. The average molecular weight is 317 g/mol. The smallest absolute Gasteiger partial charge is 0.263 e. The zero-order valence-electron chi connectivity index (χ0n) is 12.6. The summed E-state index contributed by atoms with van der Waals surface area (Å²) in [5.74, 6) is 0.282. The Kier molecular flexibility index (Phi) is 4.82. The lowest BCUT2D eigenvalue weighted by atomic mass is 10.2. The zero-order valence-corrected chi connectivity index (χ0v) is 13.4. The highest BCUT2D eigenvalue weighted by Crippen LogP contribution is 2.20. The van der Waals surface area contributed by atoms with Gasteiger partial charge in [-0.05, 0) is 37.6 Å². The third kappa shape index (κ3) is 3.85. The first-order valence-corrected chi connectivity index (χ1v) is 8.31. The highest BCUT2D eigenvalue weighted by atomic mass is 32.2. The molecule has 116 valence electrons. The van der Waals surface area contributed by atoms with Crippen LogP contribution in [0.25, 0.3) is 0 Å². The fourth-order valence-corrected chi connectivity index (χ4v) is 3.28. The van der Waals surface area contributed by atoms with E-state index in [9.17, 15) is 8.42 Å². The van der Waals surface area contributed by atoms with Crippen LogP contribution in [0, 0.1) is 13.8 Å². The number of rotatable bonds is 6. The first kappa shape index (κ1) is 16.0. The predicted octanol–water partition coefficient (Wildman–Crippen LogP) is 3.10. The number of benzene rings is 1. The molecule has 0 saturated heterocycles. The summed E-state index contributed by atoms with van der Waals surface area (Å²) in [4.78, 5) is 4.36. The van der Waals surface area contributed by atoms with Gasteiger partial charge in [0.15, 0.2) is 0 Å². The number of anilines is 2. The van der Waals surface area contributed by atoms with Crippen LogP contribution in [0.3, 0.4) is 0 Å². The molecule has 0 radical (unpaired) electrons. The molecule has 22 heavy (non-hydrogen) atoms. The molecule has 0 amide bonds. The van der Waals surface area contributed by atoms with Crippen molar-refractivity contribution in [2.45, 2.75) is 18.7 Å².